The smallest absolute Gasteiger partial charge is 0.312 e. The first-order valence-corrected chi connectivity index (χ1v) is 7.80. The minimum absolute atomic E-state index is 0.0168. The van der Waals surface area contributed by atoms with Crippen molar-refractivity contribution in [2.75, 3.05) is 13.1 Å². The lowest BCUT2D eigenvalue weighted by Crippen LogP contribution is -2.48. The molecule has 0 bridgehead atoms. The largest absolute Gasteiger partial charge is 0.502 e. The first kappa shape index (κ1) is 14.5. The van der Waals surface area contributed by atoms with Crippen LogP contribution in [0.25, 0.3) is 0 Å². The topological polar surface area (TPSA) is 129 Å². The van der Waals surface area contributed by atoms with E-state index in [1.54, 1.807) is 12.4 Å². The van der Waals surface area contributed by atoms with Gasteiger partial charge in [0.2, 0.25) is 10.0 Å². The van der Waals surface area contributed by atoms with Crippen LogP contribution in [0.15, 0.2) is 35.5 Å². The Morgan fingerprint density at radius 3 is 2.73 bits per heavy atom. The number of hydrogen-bond donors (Lipinski definition) is 2. The quantitative estimate of drug-likeness (QED) is 0.632. The number of nitro groups is 1. The van der Waals surface area contributed by atoms with Crippen LogP contribution < -0.4 is 0 Å². The molecule has 0 atom stereocenters. The summed E-state index contributed by atoms with van der Waals surface area (Å²) in [5, 5.41) is 20.2. The Morgan fingerprint density at radius 2 is 2.14 bits per heavy atom. The summed E-state index contributed by atoms with van der Waals surface area (Å²) in [5.74, 6) is 0.126. The van der Waals surface area contributed by atoms with Gasteiger partial charge in [-0.05, 0) is 12.1 Å². The van der Waals surface area contributed by atoms with Crippen LogP contribution in [0.4, 0.5) is 5.69 Å². The van der Waals surface area contributed by atoms with E-state index in [1.165, 1.54) is 4.31 Å². The molecule has 0 radical (unpaired) electrons. The fraction of sp³-hybridized carbons (Fsp3) is 0.250. The summed E-state index contributed by atoms with van der Waals surface area (Å²) in [7, 11) is -3.82. The highest BCUT2D eigenvalue weighted by Gasteiger charge is 2.39. The lowest BCUT2D eigenvalue weighted by Gasteiger charge is -2.36. The molecule has 0 unspecified atom stereocenters. The zero-order valence-corrected chi connectivity index (χ0v) is 12.0. The molecule has 9 nitrogen and oxygen atoms in total. The highest BCUT2D eigenvalue weighted by molar-refractivity contribution is 7.89. The average Bonchev–Trinajstić information content (AvgIpc) is 2.90. The lowest BCUT2D eigenvalue weighted by atomic mass is 10.0. The summed E-state index contributed by atoms with van der Waals surface area (Å²) >= 11 is 0. The monoisotopic (exact) mass is 324 g/mol. The second-order valence-corrected chi connectivity index (χ2v) is 6.84. The summed E-state index contributed by atoms with van der Waals surface area (Å²) in [6, 6.07) is 3.03. The fourth-order valence-electron chi connectivity index (χ4n) is 2.27. The van der Waals surface area contributed by atoms with Crippen LogP contribution in [0.3, 0.4) is 0 Å². The minimum atomic E-state index is -3.82. The van der Waals surface area contributed by atoms with Gasteiger partial charge in [0.15, 0.2) is 5.75 Å². The molecule has 2 N–H and O–H groups in total. The zero-order chi connectivity index (χ0) is 15.9. The Labute approximate surface area is 125 Å². The van der Waals surface area contributed by atoms with Crippen LogP contribution in [-0.2, 0) is 10.0 Å². The molecule has 0 saturated carbocycles. The Morgan fingerprint density at radius 1 is 1.41 bits per heavy atom. The van der Waals surface area contributed by atoms with E-state index in [-0.39, 0.29) is 23.9 Å². The van der Waals surface area contributed by atoms with E-state index in [4.69, 9.17) is 0 Å². The number of benzene rings is 1. The Hall–Kier alpha value is -2.46. The van der Waals surface area contributed by atoms with Crippen molar-refractivity contribution in [3.05, 3.63) is 46.5 Å². The molecule has 3 rings (SSSR count). The first-order chi connectivity index (χ1) is 10.4. The predicted molar refractivity (Wildman–Crippen MR) is 74.8 cm³/mol. The number of rotatable bonds is 4. The second-order valence-electron chi connectivity index (χ2n) is 4.90. The normalized spacial score (nSPS) is 16.4. The van der Waals surface area contributed by atoms with E-state index in [9.17, 15) is 23.6 Å². The van der Waals surface area contributed by atoms with Gasteiger partial charge < -0.3 is 10.1 Å². The molecule has 0 amide bonds. The summed E-state index contributed by atoms with van der Waals surface area (Å²) < 4.78 is 26.0. The number of hydrogen-bond acceptors (Lipinski definition) is 6. The van der Waals surface area contributed by atoms with E-state index in [0.717, 1.165) is 18.2 Å². The van der Waals surface area contributed by atoms with Crippen LogP contribution >= 0.6 is 0 Å². The van der Waals surface area contributed by atoms with E-state index < -0.39 is 26.4 Å². The van der Waals surface area contributed by atoms with Gasteiger partial charge in [0.1, 0.15) is 5.82 Å². The van der Waals surface area contributed by atoms with E-state index >= 15 is 0 Å². The molecule has 1 aliphatic rings. The van der Waals surface area contributed by atoms with Gasteiger partial charge in [-0.25, -0.2) is 13.4 Å². The lowest BCUT2D eigenvalue weighted by molar-refractivity contribution is -0.386. The third kappa shape index (κ3) is 2.31. The molecule has 1 aromatic carbocycles. The third-order valence-electron chi connectivity index (χ3n) is 3.54. The first-order valence-electron chi connectivity index (χ1n) is 6.36. The van der Waals surface area contributed by atoms with Gasteiger partial charge in [-0.2, -0.15) is 4.31 Å². The number of H-pyrrole nitrogens is 1. The second kappa shape index (κ2) is 5.07. The van der Waals surface area contributed by atoms with Gasteiger partial charge in [-0.15, -0.1) is 0 Å². The van der Waals surface area contributed by atoms with E-state index in [0.29, 0.717) is 5.82 Å². The molecule has 0 spiro atoms. The molecular formula is C12H12N4O5S. The van der Waals surface area contributed by atoms with Crippen molar-refractivity contribution in [1.82, 2.24) is 14.3 Å². The van der Waals surface area contributed by atoms with Crippen molar-refractivity contribution in [2.45, 2.75) is 10.8 Å². The molecule has 0 aliphatic carbocycles. The standard InChI is InChI=1S/C12H12N4O5S/c17-11-2-1-9(5-10(11)16(18)19)22(20,21)15-6-8(7-15)12-13-3-4-14-12/h1-5,8,17H,6-7H2,(H,13,14). The summed E-state index contributed by atoms with van der Waals surface area (Å²) in [6.07, 6.45) is 3.26. The number of nitrogens with one attached hydrogen (secondary N) is 1. The maximum absolute atomic E-state index is 12.4. The number of aromatic nitrogens is 2. The van der Waals surface area contributed by atoms with Crippen LogP contribution in [-0.4, -0.2) is 45.8 Å². The van der Waals surface area contributed by atoms with Crippen LogP contribution in [0, 0.1) is 10.1 Å². The molecule has 10 heteroatoms. The highest BCUT2D eigenvalue weighted by atomic mass is 32.2. The van der Waals surface area contributed by atoms with Crippen molar-refractivity contribution < 1.29 is 18.4 Å². The van der Waals surface area contributed by atoms with Crippen molar-refractivity contribution in [3.63, 3.8) is 0 Å². The number of aromatic hydroxyl groups is 1. The predicted octanol–water partition coefficient (Wildman–Crippen LogP) is 0.812. The fourth-order valence-corrected chi connectivity index (χ4v) is 3.82. The molecule has 2 aromatic rings. The molecule has 1 fully saturated rings. The number of nitrogens with zero attached hydrogens (tertiary/aromatic N) is 3. The van der Waals surface area contributed by atoms with Gasteiger partial charge in [0.05, 0.1) is 9.82 Å². The summed E-state index contributed by atoms with van der Waals surface area (Å²) in [6.45, 7) is 0.509. The van der Waals surface area contributed by atoms with Crippen molar-refractivity contribution in [2.24, 2.45) is 0 Å². The van der Waals surface area contributed by atoms with Crippen molar-refractivity contribution >= 4 is 15.7 Å². The number of sulfonamides is 1. The Balaban J connectivity index is 1.83. The van der Waals surface area contributed by atoms with E-state index in [2.05, 4.69) is 9.97 Å². The molecule has 22 heavy (non-hydrogen) atoms. The molecule has 1 aromatic heterocycles. The zero-order valence-electron chi connectivity index (χ0n) is 11.2. The van der Waals surface area contributed by atoms with Crippen LogP contribution in [0.1, 0.15) is 11.7 Å². The Bertz CT molecular complexity index is 812. The molecule has 116 valence electrons. The highest BCUT2D eigenvalue weighted by Crippen LogP contribution is 2.33. The molecule has 1 saturated heterocycles. The van der Waals surface area contributed by atoms with Gasteiger partial charge in [0, 0.05) is 37.5 Å². The molecule has 2 heterocycles. The maximum Gasteiger partial charge on any atom is 0.312 e. The maximum atomic E-state index is 12.4. The van der Waals surface area contributed by atoms with Crippen LogP contribution in [0.2, 0.25) is 0 Å². The number of nitro benzene ring substituents is 1. The molecular weight excluding hydrogens is 312 g/mol. The van der Waals surface area contributed by atoms with Gasteiger partial charge >= 0.3 is 5.69 Å². The number of imidazole rings is 1. The number of aromatic amines is 1. The SMILES string of the molecule is O=[N+]([O-])c1cc(S(=O)(=O)N2CC(c3ncc[nH]3)C2)ccc1O. The number of phenols is 1. The van der Waals surface area contributed by atoms with Gasteiger partial charge in [-0.1, -0.05) is 0 Å². The summed E-state index contributed by atoms with van der Waals surface area (Å²) in [4.78, 5) is 16.8. The van der Waals surface area contributed by atoms with Crippen LogP contribution in [0.5, 0.6) is 5.75 Å². The summed E-state index contributed by atoms with van der Waals surface area (Å²) in [5.41, 5.74) is -0.635. The van der Waals surface area contributed by atoms with Gasteiger partial charge in [0.25, 0.3) is 0 Å². The Kier molecular flexibility index (Phi) is 3.34. The van der Waals surface area contributed by atoms with E-state index in [1.807, 2.05) is 0 Å². The number of phenolic OH excluding ortho intramolecular Hbond substituents is 1. The van der Waals surface area contributed by atoms with Gasteiger partial charge in [-0.3, -0.25) is 10.1 Å². The van der Waals surface area contributed by atoms with Crippen molar-refractivity contribution in [3.8, 4) is 5.75 Å². The third-order valence-corrected chi connectivity index (χ3v) is 5.36. The molecule has 1 aliphatic heterocycles. The van der Waals surface area contributed by atoms with Crippen molar-refractivity contribution in [1.29, 1.82) is 0 Å². The average molecular weight is 324 g/mol. The minimum Gasteiger partial charge on any atom is -0.502 e.